The van der Waals surface area contributed by atoms with Gasteiger partial charge in [-0.3, -0.25) is 0 Å². The Morgan fingerprint density at radius 1 is 1.17 bits per heavy atom. The van der Waals surface area contributed by atoms with Crippen molar-refractivity contribution in [3.05, 3.63) is 34.9 Å². The predicted octanol–water partition coefficient (Wildman–Crippen LogP) is 3.56. The second-order valence-electron chi connectivity index (χ2n) is 4.74. The Kier molecular flexibility index (Phi) is 3.36. The van der Waals surface area contributed by atoms with Crippen molar-refractivity contribution in [3.63, 3.8) is 0 Å². The molecule has 0 atom stereocenters. The maximum absolute atomic E-state index is 14.7. The van der Waals surface area contributed by atoms with Crippen molar-refractivity contribution in [2.24, 2.45) is 0 Å². The average molecular weight is 261 g/mol. The number of hydrogen-bond donors (Lipinski definition) is 1. The van der Waals surface area contributed by atoms with Crippen LogP contribution < -0.4 is 5.32 Å². The molecule has 2 rings (SSSR count). The van der Waals surface area contributed by atoms with E-state index < -0.39 is 17.4 Å². The van der Waals surface area contributed by atoms with Crippen LogP contribution in [0.5, 0.6) is 0 Å². The Labute approximate surface area is 103 Å². The van der Waals surface area contributed by atoms with Crippen molar-refractivity contribution in [1.82, 2.24) is 5.32 Å². The van der Waals surface area contributed by atoms with Crippen LogP contribution in [0.3, 0.4) is 0 Å². The molecule has 1 saturated heterocycles. The minimum absolute atomic E-state index is 0.305. The number of rotatable bonds is 1. The van der Waals surface area contributed by atoms with E-state index in [4.69, 9.17) is 0 Å². The average Bonchev–Trinajstić information content (AvgIpc) is 2.28. The van der Waals surface area contributed by atoms with Crippen LogP contribution in [0.1, 0.15) is 29.5 Å². The molecule has 1 nitrogen and oxygen atoms in total. The summed E-state index contributed by atoms with van der Waals surface area (Å²) in [6.45, 7) is 2.64. The standard InChI is InChI=1S/C13H15F4N/c1-9-8-10(13(15,16)17)2-3-11(9)12(14)4-6-18-7-5-12/h2-3,8,18H,4-7H2,1H3. The molecule has 0 unspecified atom stereocenters. The monoisotopic (exact) mass is 261 g/mol. The van der Waals surface area contributed by atoms with Crippen molar-refractivity contribution < 1.29 is 17.6 Å². The Bertz CT molecular complexity index is 433. The number of hydrogen-bond acceptors (Lipinski definition) is 1. The lowest BCUT2D eigenvalue weighted by Crippen LogP contribution is -2.37. The van der Waals surface area contributed by atoms with Gasteiger partial charge in [0.2, 0.25) is 0 Å². The summed E-state index contributed by atoms with van der Waals surface area (Å²) in [7, 11) is 0. The fourth-order valence-electron chi connectivity index (χ4n) is 2.44. The number of nitrogens with one attached hydrogen (secondary N) is 1. The Morgan fingerprint density at radius 3 is 2.28 bits per heavy atom. The molecular weight excluding hydrogens is 246 g/mol. The van der Waals surface area contributed by atoms with Crippen LogP contribution in [0, 0.1) is 6.92 Å². The Morgan fingerprint density at radius 2 is 1.78 bits per heavy atom. The van der Waals surface area contributed by atoms with Crippen molar-refractivity contribution in [3.8, 4) is 0 Å². The van der Waals surface area contributed by atoms with Crippen LogP contribution in [0.25, 0.3) is 0 Å². The number of benzene rings is 1. The molecule has 1 fully saturated rings. The third-order valence-electron chi connectivity index (χ3n) is 3.43. The molecule has 1 aromatic rings. The van der Waals surface area contributed by atoms with Crippen LogP contribution in [0.15, 0.2) is 18.2 Å². The first-order chi connectivity index (χ1) is 8.33. The highest BCUT2D eigenvalue weighted by Gasteiger charge is 2.37. The normalized spacial score (nSPS) is 19.8. The van der Waals surface area contributed by atoms with Crippen molar-refractivity contribution in [2.45, 2.75) is 31.6 Å². The molecule has 18 heavy (non-hydrogen) atoms. The smallest absolute Gasteiger partial charge is 0.316 e. The third-order valence-corrected chi connectivity index (χ3v) is 3.43. The lowest BCUT2D eigenvalue weighted by molar-refractivity contribution is -0.137. The first-order valence-corrected chi connectivity index (χ1v) is 5.91. The summed E-state index contributed by atoms with van der Waals surface area (Å²) in [6, 6.07) is 3.27. The topological polar surface area (TPSA) is 12.0 Å². The van der Waals surface area contributed by atoms with Crippen LogP contribution in [-0.2, 0) is 11.8 Å². The molecule has 1 aromatic carbocycles. The summed E-state index contributed by atoms with van der Waals surface area (Å²) in [5.41, 5.74) is -1.47. The van der Waals surface area contributed by atoms with Gasteiger partial charge in [0.05, 0.1) is 5.56 Å². The van der Waals surface area contributed by atoms with E-state index in [2.05, 4.69) is 5.32 Å². The predicted molar refractivity (Wildman–Crippen MR) is 61.1 cm³/mol. The van der Waals surface area contributed by atoms with E-state index in [9.17, 15) is 17.6 Å². The van der Waals surface area contributed by atoms with E-state index in [0.29, 0.717) is 37.1 Å². The van der Waals surface area contributed by atoms with Gasteiger partial charge in [-0.25, -0.2) is 4.39 Å². The van der Waals surface area contributed by atoms with Crippen LogP contribution in [0.2, 0.25) is 0 Å². The highest BCUT2D eigenvalue weighted by Crippen LogP contribution is 2.39. The molecule has 0 aromatic heterocycles. The van der Waals surface area contributed by atoms with Crippen LogP contribution in [0.4, 0.5) is 17.6 Å². The number of halogens is 4. The second-order valence-corrected chi connectivity index (χ2v) is 4.74. The van der Waals surface area contributed by atoms with E-state index in [1.54, 1.807) is 0 Å². The molecule has 0 saturated carbocycles. The van der Waals surface area contributed by atoms with Crippen molar-refractivity contribution >= 4 is 0 Å². The molecular formula is C13H15F4N. The van der Waals surface area contributed by atoms with Gasteiger partial charge >= 0.3 is 6.18 Å². The highest BCUT2D eigenvalue weighted by atomic mass is 19.4. The molecule has 1 heterocycles. The molecule has 1 aliphatic heterocycles. The number of alkyl halides is 4. The van der Waals surface area contributed by atoms with Gasteiger partial charge in [-0.05, 0) is 56.1 Å². The molecule has 5 heteroatoms. The maximum Gasteiger partial charge on any atom is 0.416 e. The third kappa shape index (κ3) is 2.51. The molecule has 0 spiro atoms. The van der Waals surface area contributed by atoms with E-state index in [-0.39, 0.29) is 0 Å². The summed E-state index contributed by atoms with van der Waals surface area (Å²) in [4.78, 5) is 0. The lowest BCUT2D eigenvalue weighted by atomic mass is 9.84. The van der Waals surface area contributed by atoms with Gasteiger partial charge in [0.25, 0.3) is 0 Å². The Hall–Kier alpha value is -1.10. The zero-order valence-corrected chi connectivity index (χ0v) is 10.1. The first-order valence-electron chi connectivity index (χ1n) is 5.91. The summed E-state index contributed by atoms with van der Waals surface area (Å²) in [5.74, 6) is 0. The van der Waals surface area contributed by atoms with Crippen LogP contribution >= 0.6 is 0 Å². The van der Waals surface area contributed by atoms with Gasteiger partial charge in [-0.1, -0.05) is 6.07 Å². The summed E-state index contributed by atoms with van der Waals surface area (Å²) in [6.07, 6.45) is -3.76. The summed E-state index contributed by atoms with van der Waals surface area (Å²) in [5, 5.41) is 3.04. The molecule has 1 aliphatic rings. The molecule has 0 amide bonds. The van der Waals surface area contributed by atoms with E-state index in [1.165, 1.54) is 13.0 Å². The molecule has 100 valence electrons. The van der Waals surface area contributed by atoms with Gasteiger partial charge in [0.15, 0.2) is 0 Å². The van der Waals surface area contributed by atoms with Gasteiger partial charge < -0.3 is 5.32 Å². The summed E-state index contributed by atoms with van der Waals surface area (Å²) >= 11 is 0. The van der Waals surface area contributed by atoms with Gasteiger partial charge in [-0.15, -0.1) is 0 Å². The molecule has 1 N–H and O–H groups in total. The number of aryl methyl sites for hydroxylation is 1. The minimum atomic E-state index is -4.37. The van der Waals surface area contributed by atoms with Crippen molar-refractivity contribution in [1.29, 1.82) is 0 Å². The number of piperidine rings is 1. The fourth-order valence-corrected chi connectivity index (χ4v) is 2.44. The zero-order chi connectivity index (χ0) is 13.4. The minimum Gasteiger partial charge on any atom is -0.316 e. The quantitative estimate of drug-likeness (QED) is 0.762. The van der Waals surface area contributed by atoms with Gasteiger partial charge in [0, 0.05) is 0 Å². The van der Waals surface area contributed by atoms with Gasteiger partial charge in [-0.2, -0.15) is 13.2 Å². The zero-order valence-electron chi connectivity index (χ0n) is 10.1. The first kappa shape index (κ1) is 13.3. The SMILES string of the molecule is Cc1cc(C(F)(F)F)ccc1C1(F)CCNCC1. The van der Waals surface area contributed by atoms with E-state index in [1.807, 2.05) is 0 Å². The molecule has 0 aliphatic carbocycles. The van der Waals surface area contributed by atoms with E-state index >= 15 is 0 Å². The molecule has 0 bridgehead atoms. The largest absolute Gasteiger partial charge is 0.416 e. The fraction of sp³-hybridized carbons (Fsp3) is 0.538. The van der Waals surface area contributed by atoms with Crippen LogP contribution in [-0.4, -0.2) is 13.1 Å². The Balaban J connectivity index is 2.35. The van der Waals surface area contributed by atoms with Crippen molar-refractivity contribution in [2.75, 3.05) is 13.1 Å². The van der Waals surface area contributed by atoms with Gasteiger partial charge in [0.1, 0.15) is 5.67 Å². The second kappa shape index (κ2) is 4.53. The van der Waals surface area contributed by atoms with E-state index in [0.717, 1.165) is 12.1 Å². The maximum atomic E-state index is 14.7. The highest BCUT2D eigenvalue weighted by molar-refractivity contribution is 5.36. The summed E-state index contributed by atoms with van der Waals surface area (Å²) < 4.78 is 52.3. The lowest BCUT2D eigenvalue weighted by Gasteiger charge is -2.32. The molecule has 0 radical (unpaired) electrons.